The van der Waals surface area contributed by atoms with Gasteiger partial charge in [0.1, 0.15) is 11.5 Å². The van der Waals surface area contributed by atoms with Crippen LogP contribution in [0.5, 0.6) is 34.5 Å². The molecule has 1 N–H and O–H groups in total. The average molecular weight is 627 g/mol. The summed E-state index contributed by atoms with van der Waals surface area (Å²) in [4.78, 5) is 4.76. The molecule has 2 atom stereocenters. The number of ether oxygens (including phenoxy) is 4. The first-order chi connectivity index (χ1) is 21.9. The average Bonchev–Trinajstić information content (AvgIpc) is 3.05. The van der Waals surface area contributed by atoms with Crippen LogP contribution in [0.3, 0.4) is 0 Å². The van der Waals surface area contributed by atoms with E-state index in [1.807, 2.05) is 18.2 Å². The van der Waals surface area contributed by atoms with E-state index in [1.165, 1.54) is 16.7 Å². The van der Waals surface area contributed by atoms with Crippen molar-refractivity contribution < 1.29 is 24.1 Å². The van der Waals surface area contributed by atoms with Crippen LogP contribution in [0, 0.1) is 0 Å². The Morgan fingerprint density at radius 2 is 1.51 bits per heavy atom. The third kappa shape index (κ3) is 5.52. The fourth-order valence-electron chi connectivity index (χ4n) is 7.18. The number of rotatable bonds is 3. The van der Waals surface area contributed by atoms with Crippen molar-refractivity contribution in [1.82, 2.24) is 9.80 Å². The highest BCUT2D eigenvalue weighted by atomic mass is 35.5. The Kier molecular flexibility index (Phi) is 8.12. The Balaban J connectivity index is 1.46. The summed E-state index contributed by atoms with van der Waals surface area (Å²) in [6.07, 6.45) is 3.28. The van der Waals surface area contributed by atoms with Gasteiger partial charge in [-0.25, -0.2) is 0 Å². The van der Waals surface area contributed by atoms with E-state index in [0.717, 1.165) is 61.2 Å². The first-order valence-corrected chi connectivity index (χ1v) is 15.9. The molecule has 0 amide bonds. The molecule has 0 unspecified atom stereocenters. The Bertz CT molecular complexity index is 1740. The van der Waals surface area contributed by atoms with Gasteiger partial charge in [-0.05, 0) is 110 Å². The lowest BCUT2D eigenvalue weighted by atomic mass is 9.86. The molecule has 0 aliphatic carbocycles. The zero-order valence-electron chi connectivity index (χ0n) is 26.2. The minimum atomic E-state index is -0.147. The zero-order chi connectivity index (χ0) is 31.2. The van der Waals surface area contributed by atoms with Gasteiger partial charge in [0.2, 0.25) is 0 Å². The molecule has 4 aliphatic heterocycles. The van der Waals surface area contributed by atoms with Gasteiger partial charge in [0.05, 0.1) is 25.8 Å². The monoisotopic (exact) mass is 626 g/mol. The number of nitrogens with zero attached hydrogens (tertiary/aromatic N) is 2. The topological polar surface area (TPSA) is 63.6 Å². The van der Waals surface area contributed by atoms with E-state index >= 15 is 0 Å². The van der Waals surface area contributed by atoms with Crippen molar-refractivity contribution in [3.05, 3.63) is 105 Å². The van der Waals surface area contributed by atoms with Crippen LogP contribution in [-0.4, -0.2) is 56.3 Å². The lowest BCUT2D eigenvalue weighted by Gasteiger charge is -2.37. The number of benzene rings is 4. The first kappa shape index (κ1) is 29.9. The Hall–Kier alpha value is -3.75. The second-order valence-electron chi connectivity index (χ2n) is 12.3. The van der Waals surface area contributed by atoms with E-state index < -0.39 is 0 Å². The maximum Gasteiger partial charge on any atom is 0.174 e. The second-order valence-corrected chi connectivity index (χ2v) is 12.8. The quantitative estimate of drug-likeness (QED) is 0.256. The SMILES string of the molecule is COc1cc2c3cc1Oc1c(OC)c(CO)cc4c1[C@H](Cc1ccc(cc1)Oc1cc(ccc1Cl)C[C@H]3N(C)CC2)N(C)CC4. The van der Waals surface area contributed by atoms with Crippen LogP contribution in [0.25, 0.3) is 0 Å². The molecule has 0 saturated carbocycles. The molecule has 8 heteroatoms. The highest BCUT2D eigenvalue weighted by molar-refractivity contribution is 6.32. The van der Waals surface area contributed by atoms with E-state index in [2.05, 4.69) is 66.4 Å². The van der Waals surface area contributed by atoms with Crippen LogP contribution in [-0.2, 0) is 32.3 Å². The predicted molar refractivity (Wildman–Crippen MR) is 176 cm³/mol. The summed E-state index contributed by atoms with van der Waals surface area (Å²) in [5.41, 5.74) is 7.70. The maximum atomic E-state index is 10.4. The molecule has 8 rings (SSSR count). The van der Waals surface area contributed by atoms with Crippen LogP contribution >= 0.6 is 11.6 Å². The third-order valence-corrected chi connectivity index (χ3v) is 9.99. The number of likely N-dealkylation sites (N-methyl/N-ethyl adjacent to an activating group) is 2. The molecule has 7 nitrogen and oxygen atoms in total. The van der Waals surface area contributed by atoms with E-state index in [4.69, 9.17) is 30.5 Å². The lowest BCUT2D eigenvalue weighted by Crippen LogP contribution is -2.34. The normalized spacial score (nSPS) is 19.5. The van der Waals surface area contributed by atoms with Crippen molar-refractivity contribution >= 4 is 11.6 Å². The van der Waals surface area contributed by atoms with Gasteiger partial charge in [0.25, 0.3) is 0 Å². The van der Waals surface area contributed by atoms with Crippen LogP contribution in [0.1, 0.15) is 51.0 Å². The summed E-state index contributed by atoms with van der Waals surface area (Å²) >= 11 is 6.63. The Morgan fingerprint density at radius 1 is 0.800 bits per heavy atom. The van der Waals surface area contributed by atoms with Crippen molar-refractivity contribution in [2.45, 2.75) is 44.4 Å². The molecule has 0 fully saturated rings. The summed E-state index contributed by atoms with van der Waals surface area (Å²) in [6, 6.07) is 20.8. The molecular formula is C37H39ClN2O5. The van der Waals surface area contributed by atoms with Gasteiger partial charge >= 0.3 is 0 Å². The summed E-state index contributed by atoms with van der Waals surface area (Å²) in [5, 5.41) is 11.0. The number of aliphatic hydroxyl groups is 1. The second kappa shape index (κ2) is 12.2. The summed E-state index contributed by atoms with van der Waals surface area (Å²) in [7, 11) is 7.65. The molecule has 4 aromatic carbocycles. The highest BCUT2D eigenvalue weighted by Crippen LogP contribution is 2.50. The molecule has 4 heterocycles. The van der Waals surface area contributed by atoms with E-state index in [1.54, 1.807) is 14.2 Å². The standard InChI is InChI=1S/C37H39ClN2O5/c1-39-13-11-24-19-33(42-3)34-20-28(24)30(39)16-23-7-10-29(38)32(17-23)44-27-8-5-22(6-9-27)15-31-35-25(12-14-40(31)2)18-26(21-41)36(43-4)37(35)45-34/h5-10,17-20,30-31,41H,11-16,21H2,1-4H3/t30-,31+/m1/s1. The summed E-state index contributed by atoms with van der Waals surface area (Å²) in [6.45, 7) is 1.67. The minimum Gasteiger partial charge on any atom is -0.493 e. The number of halogens is 1. The van der Waals surface area contributed by atoms with Crippen molar-refractivity contribution in [2.75, 3.05) is 41.4 Å². The van der Waals surface area contributed by atoms with Crippen molar-refractivity contribution in [2.24, 2.45) is 0 Å². The Morgan fingerprint density at radius 3 is 2.24 bits per heavy atom. The number of hydrogen-bond donors (Lipinski definition) is 1. The molecule has 4 aliphatic rings. The van der Waals surface area contributed by atoms with E-state index in [-0.39, 0.29) is 18.7 Å². The van der Waals surface area contributed by atoms with E-state index in [9.17, 15) is 5.11 Å². The summed E-state index contributed by atoms with van der Waals surface area (Å²) < 4.78 is 25.3. The van der Waals surface area contributed by atoms with Gasteiger partial charge in [0.15, 0.2) is 23.0 Å². The number of methoxy groups -OCH3 is 2. The molecule has 0 radical (unpaired) electrons. The van der Waals surface area contributed by atoms with Crippen molar-refractivity contribution in [3.63, 3.8) is 0 Å². The smallest absolute Gasteiger partial charge is 0.174 e. The first-order valence-electron chi connectivity index (χ1n) is 15.5. The molecule has 45 heavy (non-hydrogen) atoms. The molecule has 234 valence electrons. The lowest BCUT2D eigenvalue weighted by molar-refractivity contribution is 0.219. The fourth-order valence-corrected chi connectivity index (χ4v) is 7.34. The third-order valence-electron chi connectivity index (χ3n) is 9.68. The van der Waals surface area contributed by atoms with Gasteiger partial charge in [0, 0.05) is 36.3 Å². The molecular weight excluding hydrogens is 588 g/mol. The van der Waals surface area contributed by atoms with Crippen LogP contribution in [0.2, 0.25) is 5.02 Å². The Labute approximate surface area is 269 Å². The predicted octanol–water partition coefficient (Wildman–Crippen LogP) is 7.29. The van der Waals surface area contributed by atoms with Gasteiger partial charge in [-0.3, -0.25) is 9.80 Å². The molecule has 0 saturated heterocycles. The molecule has 0 aromatic heterocycles. The molecule has 0 spiro atoms. The van der Waals surface area contributed by atoms with Gasteiger partial charge in [-0.15, -0.1) is 0 Å². The number of hydrogen-bond acceptors (Lipinski definition) is 7. The maximum absolute atomic E-state index is 10.4. The molecule has 4 aromatic rings. The fraction of sp³-hybridized carbons (Fsp3) is 0.351. The zero-order valence-corrected chi connectivity index (χ0v) is 27.0. The highest BCUT2D eigenvalue weighted by Gasteiger charge is 2.34. The molecule has 6 bridgehead atoms. The van der Waals surface area contributed by atoms with E-state index in [0.29, 0.717) is 39.3 Å². The van der Waals surface area contributed by atoms with Gasteiger partial charge in [-0.1, -0.05) is 29.8 Å². The van der Waals surface area contributed by atoms with Crippen LogP contribution in [0.15, 0.2) is 60.7 Å². The largest absolute Gasteiger partial charge is 0.493 e. The van der Waals surface area contributed by atoms with Gasteiger partial charge in [-0.2, -0.15) is 0 Å². The summed E-state index contributed by atoms with van der Waals surface area (Å²) in [5.74, 6) is 3.89. The van der Waals surface area contributed by atoms with Crippen molar-refractivity contribution in [1.29, 1.82) is 0 Å². The van der Waals surface area contributed by atoms with Crippen LogP contribution < -0.4 is 18.9 Å². The number of fused-ring (bicyclic) bond motifs is 2. The van der Waals surface area contributed by atoms with Crippen LogP contribution in [0.4, 0.5) is 0 Å². The van der Waals surface area contributed by atoms with Crippen molar-refractivity contribution in [3.8, 4) is 34.5 Å². The minimum absolute atomic E-state index is 0.0182. The van der Waals surface area contributed by atoms with Gasteiger partial charge < -0.3 is 24.1 Å². The number of aliphatic hydroxyl groups excluding tert-OH is 1.